The molecule has 0 atom stereocenters. The zero-order valence-corrected chi connectivity index (χ0v) is 14.0. The zero-order chi connectivity index (χ0) is 15.8. The lowest BCUT2D eigenvalue weighted by molar-refractivity contribution is 0.402. The second-order valence-corrected chi connectivity index (χ2v) is 6.59. The van der Waals surface area contributed by atoms with E-state index >= 15 is 0 Å². The molecular formula is C18H30N4. The van der Waals surface area contributed by atoms with Gasteiger partial charge in [0.25, 0.3) is 0 Å². The van der Waals surface area contributed by atoms with Crippen molar-refractivity contribution in [1.82, 2.24) is 10.2 Å². The molecule has 4 nitrogen and oxygen atoms in total. The highest BCUT2D eigenvalue weighted by Crippen LogP contribution is 2.17. The van der Waals surface area contributed by atoms with Crippen molar-refractivity contribution in [2.75, 3.05) is 14.1 Å². The van der Waals surface area contributed by atoms with Crippen LogP contribution in [0.15, 0.2) is 29.3 Å². The van der Waals surface area contributed by atoms with Crippen molar-refractivity contribution in [1.29, 1.82) is 0 Å². The van der Waals surface area contributed by atoms with Crippen molar-refractivity contribution < 1.29 is 0 Å². The van der Waals surface area contributed by atoms with E-state index in [1.165, 1.54) is 49.7 Å². The van der Waals surface area contributed by atoms with Crippen LogP contribution >= 0.6 is 0 Å². The van der Waals surface area contributed by atoms with Crippen LogP contribution in [0, 0.1) is 0 Å². The topological polar surface area (TPSA) is 53.6 Å². The Hall–Kier alpha value is -1.55. The van der Waals surface area contributed by atoms with Crippen LogP contribution in [-0.2, 0) is 13.1 Å². The fourth-order valence-electron chi connectivity index (χ4n) is 3.05. The van der Waals surface area contributed by atoms with Gasteiger partial charge in [0.05, 0.1) is 6.54 Å². The average molecular weight is 302 g/mol. The molecule has 1 aliphatic rings. The maximum atomic E-state index is 6.05. The molecule has 0 aliphatic heterocycles. The van der Waals surface area contributed by atoms with Crippen molar-refractivity contribution in [3.05, 3.63) is 35.4 Å². The first-order chi connectivity index (χ1) is 10.6. The molecule has 1 aromatic rings. The summed E-state index contributed by atoms with van der Waals surface area (Å²) in [7, 11) is 4.17. The normalized spacial score (nSPS) is 17.5. The fourth-order valence-corrected chi connectivity index (χ4v) is 3.05. The van der Waals surface area contributed by atoms with Crippen LogP contribution in [0.4, 0.5) is 0 Å². The summed E-state index contributed by atoms with van der Waals surface area (Å²) in [5.41, 5.74) is 8.58. The Morgan fingerprint density at radius 1 is 1.18 bits per heavy atom. The van der Waals surface area contributed by atoms with Crippen molar-refractivity contribution in [2.45, 2.75) is 57.7 Å². The Bertz CT molecular complexity index is 474. The van der Waals surface area contributed by atoms with Gasteiger partial charge in [-0.15, -0.1) is 0 Å². The quantitative estimate of drug-likeness (QED) is 0.499. The van der Waals surface area contributed by atoms with Crippen LogP contribution in [0.1, 0.15) is 49.7 Å². The van der Waals surface area contributed by atoms with Crippen LogP contribution in [0.25, 0.3) is 0 Å². The molecule has 22 heavy (non-hydrogen) atoms. The largest absolute Gasteiger partial charge is 0.370 e. The summed E-state index contributed by atoms with van der Waals surface area (Å²) < 4.78 is 0. The molecule has 0 aromatic heterocycles. The van der Waals surface area contributed by atoms with Gasteiger partial charge in [-0.1, -0.05) is 49.9 Å². The van der Waals surface area contributed by atoms with Crippen LogP contribution in [-0.4, -0.2) is 31.0 Å². The van der Waals surface area contributed by atoms with Gasteiger partial charge in [-0.2, -0.15) is 0 Å². The summed E-state index contributed by atoms with van der Waals surface area (Å²) in [6.45, 7) is 1.60. The van der Waals surface area contributed by atoms with Crippen molar-refractivity contribution in [3.8, 4) is 0 Å². The molecule has 2 rings (SSSR count). The zero-order valence-electron chi connectivity index (χ0n) is 14.0. The lowest BCUT2D eigenvalue weighted by Crippen LogP contribution is -2.39. The number of benzene rings is 1. The Kier molecular flexibility index (Phi) is 6.72. The number of rotatable bonds is 5. The van der Waals surface area contributed by atoms with Crippen LogP contribution in [0.5, 0.6) is 0 Å². The summed E-state index contributed by atoms with van der Waals surface area (Å²) >= 11 is 0. The lowest BCUT2D eigenvalue weighted by Gasteiger charge is -2.16. The van der Waals surface area contributed by atoms with Crippen LogP contribution in [0.3, 0.4) is 0 Å². The number of nitrogens with two attached hydrogens (primary N) is 1. The molecule has 0 radical (unpaired) electrons. The Labute approximate surface area is 134 Å². The molecule has 3 N–H and O–H groups in total. The first-order valence-electron chi connectivity index (χ1n) is 8.42. The van der Waals surface area contributed by atoms with Crippen molar-refractivity contribution in [2.24, 2.45) is 10.7 Å². The van der Waals surface area contributed by atoms with E-state index in [2.05, 4.69) is 53.6 Å². The highest BCUT2D eigenvalue weighted by molar-refractivity contribution is 5.78. The van der Waals surface area contributed by atoms with Gasteiger partial charge in [-0.3, -0.25) is 0 Å². The molecule has 1 saturated carbocycles. The van der Waals surface area contributed by atoms with Crippen LogP contribution < -0.4 is 11.1 Å². The number of guanidine groups is 1. The molecule has 0 saturated heterocycles. The molecule has 1 fully saturated rings. The fraction of sp³-hybridized carbons (Fsp3) is 0.611. The molecule has 0 heterocycles. The minimum atomic E-state index is 0.506. The van der Waals surface area contributed by atoms with E-state index in [0.29, 0.717) is 18.5 Å². The predicted molar refractivity (Wildman–Crippen MR) is 93.8 cm³/mol. The Balaban J connectivity index is 1.87. The summed E-state index contributed by atoms with van der Waals surface area (Å²) in [4.78, 5) is 6.68. The molecule has 0 spiro atoms. The predicted octanol–water partition coefficient (Wildman–Crippen LogP) is 2.88. The highest BCUT2D eigenvalue weighted by Gasteiger charge is 2.12. The van der Waals surface area contributed by atoms with Gasteiger partial charge in [-0.25, -0.2) is 4.99 Å². The Morgan fingerprint density at radius 3 is 2.55 bits per heavy atom. The van der Waals surface area contributed by atoms with E-state index in [-0.39, 0.29) is 0 Å². The highest BCUT2D eigenvalue weighted by atomic mass is 15.1. The molecule has 0 amide bonds. The van der Waals surface area contributed by atoms with Gasteiger partial charge in [0, 0.05) is 12.6 Å². The molecule has 0 bridgehead atoms. The first-order valence-corrected chi connectivity index (χ1v) is 8.42. The number of nitrogens with one attached hydrogen (secondary N) is 1. The molecule has 0 unspecified atom stereocenters. The van der Waals surface area contributed by atoms with Gasteiger partial charge >= 0.3 is 0 Å². The van der Waals surface area contributed by atoms with Crippen molar-refractivity contribution in [3.63, 3.8) is 0 Å². The smallest absolute Gasteiger partial charge is 0.189 e. The third kappa shape index (κ3) is 6.06. The maximum absolute atomic E-state index is 6.05. The summed E-state index contributed by atoms with van der Waals surface area (Å²) in [6, 6.07) is 9.08. The monoisotopic (exact) mass is 302 g/mol. The minimum absolute atomic E-state index is 0.506. The third-order valence-corrected chi connectivity index (χ3v) is 4.13. The van der Waals surface area contributed by atoms with E-state index in [1.54, 1.807) is 0 Å². The number of nitrogens with zero attached hydrogens (tertiary/aromatic N) is 2. The molecule has 4 heteroatoms. The van der Waals surface area contributed by atoms with Crippen molar-refractivity contribution >= 4 is 5.96 Å². The number of hydrogen-bond donors (Lipinski definition) is 2. The summed E-state index contributed by atoms with van der Waals surface area (Å²) in [6.07, 6.45) is 7.75. The number of hydrogen-bond acceptors (Lipinski definition) is 2. The van der Waals surface area contributed by atoms with Gasteiger partial charge < -0.3 is 16.0 Å². The Morgan fingerprint density at radius 2 is 1.86 bits per heavy atom. The first kappa shape index (κ1) is 16.8. The van der Waals surface area contributed by atoms with Gasteiger partial charge in [0.1, 0.15) is 0 Å². The van der Waals surface area contributed by atoms with E-state index < -0.39 is 0 Å². The molecule has 1 aromatic carbocycles. The lowest BCUT2D eigenvalue weighted by atomic mass is 10.1. The van der Waals surface area contributed by atoms with Gasteiger partial charge in [0.2, 0.25) is 0 Å². The number of aliphatic imine (C=N–C) groups is 1. The minimum Gasteiger partial charge on any atom is -0.370 e. The second-order valence-electron chi connectivity index (χ2n) is 6.59. The van der Waals surface area contributed by atoms with Gasteiger partial charge in [-0.05, 0) is 38.1 Å². The van der Waals surface area contributed by atoms with E-state index in [0.717, 1.165) is 6.54 Å². The van der Waals surface area contributed by atoms with E-state index in [1.807, 2.05) is 0 Å². The standard InChI is InChI=1S/C18H30N4/c1-22(2)14-16-9-7-8-15(12-16)13-20-18(19)21-17-10-5-3-4-6-11-17/h7-9,12,17H,3-6,10-11,13-14H2,1-2H3,(H3,19,20,21). The molecule has 1 aliphatic carbocycles. The van der Waals surface area contributed by atoms with E-state index in [9.17, 15) is 0 Å². The van der Waals surface area contributed by atoms with E-state index in [4.69, 9.17) is 5.73 Å². The maximum Gasteiger partial charge on any atom is 0.189 e. The molecular weight excluding hydrogens is 272 g/mol. The van der Waals surface area contributed by atoms with Gasteiger partial charge in [0.15, 0.2) is 5.96 Å². The SMILES string of the molecule is CN(C)Cc1cccc(CN=C(N)NC2CCCCCC2)c1. The third-order valence-electron chi connectivity index (χ3n) is 4.13. The average Bonchev–Trinajstić information content (AvgIpc) is 2.73. The molecule has 122 valence electrons. The summed E-state index contributed by atoms with van der Waals surface area (Å²) in [5, 5.41) is 3.40. The summed E-state index contributed by atoms with van der Waals surface area (Å²) in [5.74, 6) is 0.588. The van der Waals surface area contributed by atoms with Crippen LogP contribution in [0.2, 0.25) is 0 Å². The second kappa shape index (κ2) is 8.79.